The van der Waals surface area contributed by atoms with Gasteiger partial charge in [-0.05, 0) is 24.3 Å². The first-order valence-electron chi connectivity index (χ1n) is 6.00. The Balaban J connectivity index is 1.92. The van der Waals surface area contributed by atoms with Crippen LogP contribution in [0.3, 0.4) is 0 Å². The highest BCUT2D eigenvalue weighted by molar-refractivity contribution is 6.39. The Bertz CT molecular complexity index is 663. The summed E-state index contributed by atoms with van der Waals surface area (Å²) in [6.07, 6.45) is 1.55. The van der Waals surface area contributed by atoms with E-state index in [1.54, 1.807) is 24.4 Å². The third-order valence-electron chi connectivity index (χ3n) is 2.54. The number of carbonyl (C=O) groups excluding carboxylic acids is 2. The minimum Gasteiger partial charge on any atom is -0.342 e. The third kappa shape index (κ3) is 4.07. The van der Waals surface area contributed by atoms with Crippen LogP contribution in [-0.2, 0) is 16.1 Å². The van der Waals surface area contributed by atoms with Crippen molar-refractivity contribution in [1.82, 2.24) is 10.3 Å². The number of nitrogens with zero attached hydrogens (tertiary/aromatic N) is 1. The fraction of sp³-hybridized carbons (Fsp3) is 0.0714. The first-order chi connectivity index (χ1) is 10.1. The van der Waals surface area contributed by atoms with E-state index in [0.29, 0.717) is 11.8 Å². The number of rotatable bonds is 3. The van der Waals surface area contributed by atoms with Crippen molar-refractivity contribution in [2.24, 2.45) is 0 Å². The fourth-order valence-electron chi connectivity index (χ4n) is 1.52. The van der Waals surface area contributed by atoms with E-state index < -0.39 is 23.4 Å². The summed E-state index contributed by atoms with van der Waals surface area (Å²) in [5.74, 6) is -3.72. The molecule has 2 aromatic rings. The van der Waals surface area contributed by atoms with E-state index in [4.69, 9.17) is 0 Å². The van der Waals surface area contributed by atoms with Crippen molar-refractivity contribution in [3.63, 3.8) is 0 Å². The average Bonchev–Trinajstić information content (AvgIpc) is 2.48. The van der Waals surface area contributed by atoms with Crippen LogP contribution in [0.5, 0.6) is 0 Å². The predicted molar refractivity (Wildman–Crippen MR) is 71.1 cm³/mol. The van der Waals surface area contributed by atoms with E-state index in [0.717, 1.165) is 12.1 Å². The summed E-state index contributed by atoms with van der Waals surface area (Å²) < 4.78 is 26.0. The smallest absolute Gasteiger partial charge is 0.313 e. The van der Waals surface area contributed by atoms with Gasteiger partial charge >= 0.3 is 11.8 Å². The number of halogens is 2. The van der Waals surface area contributed by atoms with Crippen molar-refractivity contribution in [3.8, 4) is 0 Å². The van der Waals surface area contributed by atoms with Crippen LogP contribution in [0.2, 0.25) is 0 Å². The zero-order chi connectivity index (χ0) is 15.2. The number of hydrogen-bond acceptors (Lipinski definition) is 3. The van der Waals surface area contributed by atoms with Crippen LogP contribution in [0.15, 0.2) is 42.6 Å². The summed E-state index contributed by atoms with van der Waals surface area (Å²) in [5, 5.41) is 4.40. The molecule has 0 aliphatic rings. The topological polar surface area (TPSA) is 71.1 Å². The lowest BCUT2D eigenvalue weighted by Crippen LogP contribution is -2.35. The highest BCUT2D eigenvalue weighted by atomic mass is 19.1. The molecule has 0 aliphatic heterocycles. The van der Waals surface area contributed by atoms with Crippen LogP contribution >= 0.6 is 0 Å². The first kappa shape index (κ1) is 14.6. The molecule has 0 aliphatic carbocycles. The number of aromatic nitrogens is 1. The normalized spacial score (nSPS) is 10.0. The van der Waals surface area contributed by atoms with Gasteiger partial charge in [-0.2, -0.15) is 0 Å². The maximum atomic E-state index is 13.3. The van der Waals surface area contributed by atoms with E-state index in [1.807, 2.05) is 0 Å². The molecule has 1 heterocycles. The van der Waals surface area contributed by atoms with Gasteiger partial charge in [0.1, 0.15) is 11.6 Å². The van der Waals surface area contributed by atoms with Crippen LogP contribution in [0.4, 0.5) is 14.5 Å². The molecule has 0 radical (unpaired) electrons. The Labute approximate surface area is 119 Å². The van der Waals surface area contributed by atoms with Gasteiger partial charge in [-0.25, -0.2) is 8.78 Å². The van der Waals surface area contributed by atoms with Gasteiger partial charge in [-0.15, -0.1) is 0 Å². The molecule has 0 saturated heterocycles. The molecular weight excluding hydrogens is 280 g/mol. The van der Waals surface area contributed by atoms with Gasteiger partial charge in [0.25, 0.3) is 0 Å². The summed E-state index contributed by atoms with van der Waals surface area (Å²) in [5.41, 5.74) is 0.306. The molecule has 108 valence electrons. The monoisotopic (exact) mass is 291 g/mol. The molecule has 2 rings (SSSR count). The van der Waals surface area contributed by atoms with Gasteiger partial charge in [0.05, 0.1) is 17.9 Å². The molecule has 0 spiro atoms. The molecule has 2 N–H and O–H groups in total. The quantitative estimate of drug-likeness (QED) is 0.844. The van der Waals surface area contributed by atoms with Crippen LogP contribution in [0.1, 0.15) is 5.69 Å². The molecule has 0 atom stereocenters. The Morgan fingerprint density at radius 2 is 1.90 bits per heavy atom. The third-order valence-corrected chi connectivity index (χ3v) is 2.54. The minimum absolute atomic E-state index is 0.0684. The second kappa shape index (κ2) is 6.56. The zero-order valence-corrected chi connectivity index (χ0v) is 10.8. The Kier molecular flexibility index (Phi) is 4.55. The van der Waals surface area contributed by atoms with Crippen molar-refractivity contribution in [2.75, 3.05) is 5.32 Å². The van der Waals surface area contributed by atoms with Gasteiger partial charge in [-0.1, -0.05) is 6.07 Å². The van der Waals surface area contributed by atoms with Crippen LogP contribution in [0.25, 0.3) is 0 Å². The lowest BCUT2D eigenvalue weighted by molar-refractivity contribution is -0.136. The van der Waals surface area contributed by atoms with Gasteiger partial charge in [-0.3, -0.25) is 14.6 Å². The number of anilines is 1. The zero-order valence-electron chi connectivity index (χ0n) is 10.8. The van der Waals surface area contributed by atoms with E-state index in [9.17, 15) is 18.4 Å². The molecule has 0 saturated carbocycles. The summed E-state index contributed by atoms with van der Waals surface area (Å²) in [7, 11) is 0. The molecule has 21 heavy (non-hydrogen) atoms. The molecular formula is C14H11F2N3O2. The van der Waals surface area contributed by atoms with Crippen molar-refractivity contribution in [2.45, 2.75) is 6.54 Å². The SMILES string of the molecule is O=C(NCc1ccccn1)C(=O)Nc1ccc(F)cc1F. The van der Waals surface area contributed by atoms with Crippen molar-refractivity contribution in [1.29, 1.82) is 0 Å². The maximum absolute atomic E-state index is 13.3. The standard InChI is InChI=1S/C14H11F2N3O2/c15-9-4-5-12(11(16)7-9)19-14(21)13(20)18-8-10-3-1-2-6-17-10/h1-7H,8H2,(H,18,20)(H,19,21). The Hall–Kier alpha value is -2.83. The van der Waals surface area contributed by atoms with E-state index in [2.05, 4.69) is 15.6 Å². The van der Waals surface area contributed by atoms with E-state index in [1.165, 1.54) is 0 Å². The summed E-state index contributed by atoms with van der Waals surface area (Å²) in [6.45, 7) is 0.0684. The first-order valence-corrected chi connectivity index (χ1v) is 6.00. The van der Waals surface area contributed by atoms with Crippen LogP contribution in [0, 0.1) is 11.6 Å². The number of amides is 2. The van der Waals surface area contributed by atoms with Crippen molar-refractivity contribution < 1.29 is 18.4 Å². The largest absolute Gasteiger partial charge is 0.342 e. The molecule has 0 bridgehead atoms. The molecule has 2 amide bonds. The second-order valence-corrected chi connectivity index (χ2v) is 4.08. The number of hydrogen-bond donors (Lipinski definition) is 2. The van der Waals surface area contributed by atoms with Gasteiger partial charge in [0.2, 0.25) is 0 Å². The van der Waals surface area contributed by atoms with Crippen LogP contribution < -0.4 is 10.6 Å². The molecule has 0 fully saturated rings. The highest BCUT2D eigenvalue weighted by Gasteiger charge is 2.15. The highest BCUT2D eigenvalue weighted by Crippen LogP contribution is 2.14. The van der Waals surface area contributed by atoms with Gasteiger partial charge in [0.15, 0.2) is 0 Å². The molecule has 1 aromatic heterocycles. The summed E-state index contributed by atoms with van der Waals surface area (Å²) in [4.78, 5) is 27.1. The maximum Gasteiger partial charge on any atom is 0.313 e. The number of pyridine rings is 1. The Morgan fingerprint density at radius 3 is 2.57 bits per heavy atom. The lowest BCUT2D eigenvalue weighted by Gasteiger charge is -2.07. The number of carbonyl (C=O) groups is 2. The fourth-order valence-corrected chi connectivity index (χ4v) is 1.52. The molecule has 1 aromatic carbocycles. The average molecular weight is 291 g/mol. The Morgan fingerprint density at radius 1 is 1.10 bits per heavy atom. The predicted octanol–water partition coefficient (Wildman–Crippen LogP) is 1.61. The minimum atomic E-state index is -1.04. The van der Waals surface area contributed by atoms with Crippen molar-refractivity contribution >= 4 is 17.5 Å². The van der Waals surface area contributed by atoms with Crippen LogP contribution in [-0.4, -0.2) is 16.8 Å². The molecule has 7 heteroatoms. The molecule has 0 unspecified atom stereocenters. The number of benzene rings is 1. The van der Waals surface area contributed by atoms with Gasteiger partial charge < -0.3 is 10.6 Å². The second-order valence-electron chi connectivity index (χ2n) is 4.08. The number of nitrogens with one attached hydrogen (secondary N) is 2. The molecule has 5 nitrogen and oxygen atoms in total. The lowest BCUT2D eigenvalue weighted by atomic mass is 10.3. The van der Waals surface area contributed by atoms with E-state index >= 15 is 0 Å². The van der Waals surface area contributed by atoms with E-state index in [-0.39, 0.29) is 12.2 Å². The summed E-state index contributed by atoms with van der Waals surface area (Å²) >= 11 is 0. The summed E-state index contributed by atoms with van der Waals surface area (Å²) in [6, 6.07) is 7.76. The van der Waals surface area contributed by atoms with Gasteiger partial charge in [0, 0.05) is 12.3 Å². The van der Waals surface area contributed by atoms with Crippen molar-refractivity contribution in [3.05, 3.63) is 59.9 Å².